The lowest BCUT2D eigenvalue weighted by molar-refractivity contribution is -0.684. The first-order chi connectivity index (χ1) is 10.5. The Balaban J connectivity index is 2.22. The number of methoxy groups -OCH3 is 1. The summed E-state index contributed by atoms with van der Waals surface area (Å²) in [5.74, 6) is -1.43. The van der Waals surface area contributed by atoms with Crippen molar-refractivity contribution in [3.8, 4) is 0 Å². The van der Waals surface area contributed by atoms with E-state index in [0.29, 0.717) is 13.0 Å². The van der Waals surface area contributed by atoms with E-state index < -0.39 is 5.97 Å². The molecule has 0 aliphatic heterocycles. The maximum absolute atomic E-state index is 11.7. The van der Waals surface area contributed by atoms with Crippen LogP contribution in [-0.2, 0) is 20.9 Å². The lowest BCUT2D eigenvalue weighted by Gasteiger charge is -2.03. The molecule has 0 aliphatic rings. The molecule has 0 unspecified atom stereocenters. The van der Waals surface area contributed by atoms with Gasteiger partial charge in [0.15, 0.2) is 12.4 Å². The second kappa shape index (κ2) is 9.49. The highest BCUT2D eigenvalue weighted by atomic mass is 16.5. The normalized spacial score (nSPS) is 10.0. The molecule has 0 bridgehead atoms. The summed E-state index contributed by atoms with van der Waals surface area (Å²) in [6, 6.07) is 3.06. The Bertz CT molecular complexity index is 530. The number of aromatic carboxylic acids is 1. The lowest BCUT2D eigenvalue weighted by Crippen LogP contribution is -2.43. The summed E-state index contributed by atoms with van der Waals surface area (Å²) in [6.07, 6.45) is 5.79. The molecule has 0 atom stereocenters. The predicted molar refractivity (Wildman–Crippen MR) is 77.1 cm³/mol. The van der Waals surface area contributed by atoms with Crippen LogP contribution < -0.4 is 9.88 Å². The van der Waals surface area contributed by atoms with Crippen LogP contribution in [-0.4, -0.2) is 36.6 Å². The van der Waals surface area contributed by atoms with Gasteiger partial charge in [0.05, 0.1) is 7.11 Å². The number of nitrogens with one attached hydrogen (secondary N) is 1. The Kier molecular flexibility index (Phi) is 7.60. The Labute approximate surface area is 128 Å². The van der Waals surface area contributed by atoms with Crippen molar-refractivity contribution < 1.29 is 28.8 Å². The highest BCUT2D eigenvalue weighted by Gasteiger charge is 2.12. The quantitative estimate of drug-likeness (QED) is 0.394. The summed E-state index contributed by atoms with van der Waals surface area (Å²) in [6.45, 7) is 0.600. The molecule has 1 aromatic heterocycles. The van der Waals surface area contributed by atoms with Crippen molar-refractivity contribution >= 4 is 17.8 Å². The van der Waals surface area contributed by atoms with Crippen molar-refractivity contribution in [1.82, 2.24) is 5.32 Å². The topological polar surface area (TPSA) is 96.6 Å². The van der Waals surface area contributed by atoms with Gasteiger partial charge in [0.1, 0.15) is 5.56 Å². The summed E-state index contributed by atoms with van der Waals surface area (Å²) >= 11 is 0. The van der Waals surface area contributed by atoms with Crippen LogP contribution in [0.1, 0.15) is 36.0 Å². The van der Waals surface area contributed by atoms with Crippen LogP contribution in [0.25, 0.3) is 0 Å². The molecule has 120 valence electrons. The van der Waals surface area contributed by atoms with E-state index in [1.807, 2.05) is 0 Å². The molecule has 7 heteroatoms. The first kappa shape index (κ1) is 17.6. The number of nitrogens with zero attached hydrogens (tertiary/aromatic N) is 1. The monoisotopic (exact) mass is 309 g/mol. The predicted octanol–water partition coefficient (Wildman–Crippen LogP) is 0.522. The number of esters is 1. The van der Waals surface area contributed by atoms with Gasteiger partial charge in [0.25, 0.3) is 5.91 Å². The van der Waals surface area contributed by atoms with Crippen LogP contribution in [0, 0.1) is 0 Å². The van der Waals surface area contributed by atoms with Crippen LogP contribution in [0.2, 0.25) is 0 Å². The molecular formula is C15H21N2O5+. The van der Waals surface area contributed by atoms with E-state index in [9.17, 15) is 14.4 Å². The number of carboxylic acid groups (broad SMARTS) is 1. The Morgan fingerprint density at radius 2 is 2.05 bits per heavy atom. The van der Waals surface area contributed by atoms with Crippen LogP contribution >= 0.6 is 0 Å². The number of aromatic nitrogens is 1. The number of carboxylic acids is 1. The molecular weight excluding hydrogens is 288 g/mol. The van der Waals surface area contributed by atoms with Crippen LogP contribution in [0.3, 0.4) is 0 Å². The molecule has 1 heterocycles. The van der Waals surface area contributed by atoms with Gasteiger partial charge in [-0.1, -0.05) is 6.42 Å². The Morgan fingerprint density at radius 1 is 1.27 bits per heavy atom. The third-order valence-corrected chi connectivity index (χ3v) is 3.04. The van der Waals surface area contributed by atoms with Crippen LogP contribution in [0.5, 0.6) is 0 Å². The van der Waals surface area contributed by atoms with Gasteiger partial charge < -0.3 is 15.2 Å². The van der Waals surface area contributed by atoms with Crippen molar-refractivity contribution in [1.29, 1.82) is 0 Å². The number of rotatable bonds is 9. The summed E-state index contributed by atoms with van der Waals surface area (Å²) in [5, 5.41) is 11.6. The maximum atomic E-state index is 11.7. The van der Waals surface area contributed by atoms with Gasteiger partial charge in [-0.3, -0.25) is 9.59 Å². The zero-order chi connectivity index (χ0) is 16.4. The van der Waals surface area contributed by atoms with Crippen molar-refractivity contribution in [2.75, 3.05) is 13.7 Å². The maximum Gasteiger partial charge on any atom is 0.341 e. The SMILES string of the molecule is COC(=O)CCCCCNC(=O)C[n+]1cccc(C(=O)O)c1. The first-order valence-electron chi connectivity index (χ1n) is 7.09. The fourth-order valence-corrected chi connectivity index (χ4v) is 1.87. The fraction of sp³-hybridized carbons (Fsp3) is 0.467. The Morgan fingerprint density at radius 3 is 2.73 bits per heavy atom. The molecule has 7 nitrogen and oxygen atoms in total. The number of pyridine rings is 1. The average molecular weight is 309 g/mol. The minimum atomic E-state index is -1.03. The molecule has 0 aromatic carbocycles. The zero-order valence-corrected chi connectivity index (χ0v) is 12.6. The van der Waals surface area contributed by atoms with Crippen LogP contribution in [0.15, 0.2) is 24.5 Å². The van der Waals surface area contributed by atoms with Gasteiger partial charge in [-0.25, -0.2) is 4.79 Å². The molecule has 2 N–H and O–H groups in total. The third kappa shape index (κ3) is 6.83. The van der Waals surface area contributed by atoms with E-state index in [0.717, 1.165) is 19.3 Å². The molecule has 1 rings (SSSR count). The highest BCUT2D eigenvalue weighted by molar-refractivity contribution is 5.86. The summed E-state index contributed by atoms with van der Waals surface area (Å²) in [5.41, 5.74) is 0.137. The zero-order valence-electron chi connectivity index (χ0n) is 12.6. The number of carbonyl (C=O) groups is 3. The number of unbranched alkanes of at least 4 members (excludes halogenated alkanes) is 2. The number of ether oxygens (including phenoxy) is 1. The van der Waals surface area contributed by atoms with E-state index in [4.69, 9.17) is 5.11 Å². The summed E-state index contributed by atoms with van der Waals surface area (Å²) < 4.78 is 6.06. The van der Waals surface area contributed by atoms with E-state index in [-0.39, 0.29) is 24.0 Å². The molecule has 22 heavy (non-hydrogen) atoms. The number of hydrogen-bond donors (Lipinski definition) is 2. The van der Waals surface area contributed by atoms with Crippen molar-refractivity contribution in [3.05, 3.63) is 30.1 Å². The molecule has 1 amide bonds. The molecule has 0 saturated carbocycles. The molecule has 0 spiro atoms. The second-order valence-corrected chi connectivity index (χ2v) is 4.81. The standard InChI is InChI=1S/C15H20N2O5/c1-22-14(19)7-3-2-4-8-16-13(18)11-17-9-5-6-12(10-17)15(20)21/h5-6,9-10H,2-4,7-8,11H2,1H3,(H-,16,18,20,21)/p+1. The van der Waals surface area contributed by atoms with Crippen LogP contribution in [0.4, 0.5) is 0 Å². The second-order valence-electron chi connectivity index (χ2n) is 4.81. The molecule has 0 fully saturated rings. The van der Waals surface area contributed by atoms with Crippen molar-refractivity contribution in [2.45, 2.75) is 32.2 Å². The van der Waals surface area contributed by atoms with E-state index >= 15 is 0 Å². The third-order valence-electron chi connectivity index (χ3n) is 3.04. The molecule has 0 saturated heterocycles. The van der Waals surface area contributed by atoms with E-state index in [2.05, 4.69) is 10.1 Å². The van der Waals surface area contributed by atoms with Crippen molar-refractivity contribution in [3.63, 3.8) is 0 Å². The minimum absolute atomic E-state index is 0.0727. The fourth-order valence-electron chi connectivity index (χ4n) is 1.87. The van der Waals surface area contributed by atoms with Gasteiger partial charge in [-0.2, -0.15) is 4.57 Å². The van der Waals surface area contributed by atoms with Gasteiger partial charge in [-0.15, -0.1) is 0 Å². The number of amides is 1. The minimum Gasteiger partial charge on any atom is -0.477 e. The molecule has 1 aromatic rings. The van der Waals surface area contributed by atoms with Crippen molar-refractivity contribution in [2.24, 2.45) is 0 Å². The number of carbonyl (C=O) groups excluding carboxylic acids is 2. The summed E-state index contributed by atoms with van der Waals surface area (Å²) in [4.78, 5) is 33.5. The highest BCUT2D eigenvalue weighted by Crippen LogP contribution is 2.00. The van der Waals surface area contributed by atoms with E-state index in [1.54, 1.807) is 12.3 Å². The van der Waals surface area contributed by atoms with Gasteiger partial charge in [-0.05, 0) is 18.9 Å². The number of hydrogen-bond acceptors (Lipinski definition) is 4. The smallest absolute Gasteiger partial charge is 0.341 e. The summed E-state index contributed by atoms with van der Waals surface area (Å²) in [7, 11) is 1.36. The largest absolute Gasteiger partial charge is 0.477 e. The first-order valence-corrected chi connectivity index (χ1v) is 7.09. The van der Waals surface area contributed by atoms with E-state index in [1.165, 1.54) is 23.9 Å². The lowest BCUT2D eigenvalue weighted by atomic mass is 10.2. The Hall–Kier alpha value is -2.44. The molecule has 0 radical (unpaired) electrons. The molecule has 0 aliphatic carbocycles. The van der Waals surface area contributed by atoms with Gasteiger partial charge >= 0.3 is 11.9 Å². The average Bonchev–Trinajstić information content (AvgIpc) is 2.50. The van der Waals surface area contributed by atoms with Gasteiger partial charge in [0.2, 0.25) is 6.54 Å². The van der Waals surface area contributed by atoms with Gasteiger partial charge in [0, 0.05) is 19.0 Å².